The number of rotatable bonds is 7. The van der Waals surface area contributed by atoms with Crippen molar-refractivity contribution >= 4 is 5.71 Å². The Morgan fingerprint density at radius 1 is 1.11 bits per heavy atom. The molecular weight excluding hydrogens is 220 g/mol. The summed E-state index contributed by atoms with van der Waals surface area (Å²) in [6.45, 7) is 18.0. The van der Waals surface area contributed by atoms with E-state index in [2.05, 4.69) is 30.0 Å². The largest absolute Gasteiger partial charge is 0.316 e. The summed E-state index contributed by atoms with van der Waals surface area (Å²) >= 11 is 0. The summed E-state index contributed by atoms with van der Waals surface area (Å²) in [4.78, 5) is 4.30. The highest BCUT2D eigenvalue weighted by molar-refractivity contribution is 6.11. The van der Waals surface area contributed by atoms with Gasteiger partial charge in [-0.05, 0) is 25.6 Å². The third kappa shape index (κ3) is 6.81. The van der Waals surface area contributed by atoms with E-state index in [-0.39, 0.29) is 0 Å². The lowest BCUT2D eigenvalue weighted by Gasteiger charge is -2.08. The molecule has 0 unspecified atom stereocenters. The summed E-state index contributed by atoms with van der Waals surface area (Å²) in [5.74, 6) is 0. The van der Waals surface area contributed by atoms with E-state index in [1.807, 2.05) is 40.0 Å². The molecule has 0 aromatic rings. The molecule has 0 spiro atoms. The minimum absolute atomic E-state index is 0.730. The normalized spacial score (nSPS) is 12.3. The Balaban J connectivity index is 0. The molecule has 0 aliphatic rings. The van der Waals surface area contributed by atoms with Gasteiger partial charge in [0.1, 0.15) is 0 Å². The summed E-state index contributed by atoms with van der Waals surface area (Å²) in [7, 11) is 1.89. The second kappa shape index (κ2) is 13.4. The van der Waals surface area contributed by atoms with Crippen LogP contribution in [0.1, 0.15) is 20.8 Å². The Morgan fingerprint density at radius 2 is 1.72 bits per heavy atom. The number of nitrogens with one attached hydrogen (secondary N) is 1. The monoisotopic (exact) mass is 246 g/mol. The van der Waals surface area contributed by atoms with Crippen LogP contribution in [0.3, 0.4) is 0 Å². The minimum Gasteiger partial charge on any atom is -0.316 e. The SMILES string of the molecule is C=CC(=N/C=C\C)/C(C=C)=C(/C=C)CNC.CC. The van der Waals surface area contributed by atoms with Crippen molar-refractivity contribution in [3.05, 3.63) is 61.4 Å². The highest BCUT2D eigenvalue weighted by atomic mass is 14.8. The van der Waals surface area contributed by atoms with Gasteiger partial charge in [0.15, 0.2) is 0 Å². The van der Waals surface area contributed by atoms with Gasteiger partial charge in [-0.25, -0.2) is 0 Å². The molecule has 0 fully saturated rings. The van der Waals surface area contributed by atoms with Crippen LogP contribution in [0, 0.1) is 0 Å². The van der Waals surface area contributed by atoms with Gasteiger partial charge in [-0.2, -0.15) is 0 Å². The first-order chi connectivity index (χ1) is 8.74. The molecule has 0 heterocycles. The van der Waals surface area contributed by atoms with Crippen LogP contribution in [0.2, 0.25) is 0 Å². The van der Waals surface area contributed by atoms with Gasteiger partial charge in [-0.3, -0.25) is 4.99 Å². The maximum absolute atomic E-state index is 4.30. The number of likely N-dealkylation sites (N-methyl/N-ethyl adjacent to an activating group) is 1. The Kier molecular flexibility index (Phi) is 13.9. The van der Waals surface area contributed by atoms with E-state index in [1.54, 1.807) is 18.4 Å². The maximum atomic E-state index is 4.30. The van der Waals surface area contributed by atoms with Gasteiger partial charge in [-0.1, -0.05) is 51.8 Å². The van der Waals surface area contributed by atoms with E-state index < -0.39 is 0 Å². The van der Waals surface area contributed by atoms with E-state index >= 15 is 0 Å². The van der Waals surface area contributed by atoms with Gasteiger partial charge in [-0.15, -0.1) is 0 Å². The van der Waals surface area contributed by atoms with E-state index in [4.69, 9.17) is 0 Å². The van der Waals surface area contributed by atoms with Gasteiger partial charge < -0.3 is 5.32 Å². The molecule has 2 heteroatoms. The van der Waals surface area contributed by atoms with E-state index in [1.165, 1.54) is 0 Å². The van der Waals surface area contributed by atoms with Crippen LogP contribution >= 0.6 is 0 Å². The number of hydrogen-bond donors (Lipinski definition) is 1. The molecular formula is C16H26N2. The van der Waals surface area contributed by atoms with Crippen LogP contribution in [0.4, 0.5) is 0 Å². The molecule has 0 atom stereocenters. The fraction of sp³-hybridized carbons (Fsp3) is 0.312. The number of hydrogen-bond acceptors (Lipinski definition) is 2. The molecule has 100 valence electrons. The Labute approximate surface area is 112 Å². The van der Waals surface area contributed by atoms with Gasteiger partial charge in [0.2, 0.25) is 0 Å². The fourth-order valence-corrected chi connectivity index (χ4v) is 1.26. The number of allylic oxidation sites excluding steroid dienone is 4. The Bertz CT molecular complexity index is 344. The molecule has 0 aliphatic carbocycles. The molecule has 0 aromatic carbocycles. The molecule has 0 radical (unpaired) electrons. The Hall–Kier alpha value is -1.67. The number of nitrogens with zero attached hydrogens (tertiary/aromatic N) is 1. The zero-order chi connectivity index (χ0) is 14.4. The highest BCUT2D eigenvalue weighted by Crippen LogP contribution is 2.10. The molecule has 0 aliphatic heterocycles. The Morgan fingerprint density at radius 3 is 2.06 bits per heavy atom. The zero-order valence-corrected chi connectivity index (χ0v) is 12.2. The van der Waals surface area contributed by atoms with E-state index in [0.29, 0.717) is 0 Å². The first kappa shape index (κ1) is 18.7. The van der Waals surface area contributed by atoms with Gasteiger partial charge in [0, 0.05) is 18.3 Å². The van der Waals surface area contributed by atoms with Crippen LogP contribution in [-0.2, 0) is 0 Å². The molecule has 0 aromatic heterocycles. The summed E-state index contributed by atoms with van der Waals surface area (Å²) in [5.41, 5.74) is 2.82. The van der Waals surface area contributed by atoms with Crippen molar-refractivity contribution in [3.63, 3.8) is 0 Å². The second-order valence-corrected chi connectivity index (χ2v) is 3.08. The lowest BCUT2D eigenvalue weighted by Crippen LogP contribution is -2.13. The van der Waals surface area contributed by atoms with Crippen molar-refractivity contribution in [1.29, 1.82) is 0 Å². The van der Waals surface area contributed by atoms with Crippen molar-refractivity contribution in [3.8, 4) is 0 Å². The van der Waals surface area contributed by atoms with Crippen molar-refractivity contribution in [2.75, 3.05) is 13.6 Å². The fourth-order valence-electron chi connectivity index (χ4n) is 1.26. The van der Waals surface area contributed by atoms with E-state index in [0.717, 1.165) is 23.4 Å². The lowest BCUT2D eigenvalue weighted by atomic mass is 10.0. The van der Waals surface area contributed by atoms with Crippen molar-refractivity contribution < 1.29 is 0 Å². The molecule has 1 N–H and O–H groups in total. The third-order valence-electron chi connectivity index (χ3n) is 2.00. The van der Waals surface area contributed by atoms with Crippen molar-refractivity contribution in [1.82, 2.24) is 5.32 Å². The van der Waals surface area contributed by atoms with Crippen LogP contribution in [-0.4, -0.2) is 19.3 Å². The van der Waals surface area contributed by atoms with Crippen LogP contribution < -0.4 is 5.32 Å². The summed E-state index contributed by atoms with van der Waals surface area (Å²) in [6, 6.07) is 0. The molecule has 0 bridgehead atoms. The van der Waals surface area contributed by atoms with Crippen molar-refractivity contribution in [2.24, 2.45) is 4.99 Å². The quantitative estimate of drug-likeness (QED) is 0.531. The van der Waals surface area contributed by atoms with Gasteiger partial charge >= 0.3 is 0 Å². The minimum atomic E-state index is 0.730. The summed E-state index contributed by atoms with van der Waals surface area (Å²) in [5, 5.41) is 3.08. The smallest absolute Gasteiger partial charge is 0.0698 e. The van der Waals surface area contributed by atoms with Crippen molar-refractivity contribution in [2.45, 2.75) is 20.8 Å². The highest BCUT2D eigenvalue weighted by Gasteiger charge is 2.04. The van der Waals surface area contributed by atoms with Gasteiger partial charge in [0.25, 0.3) is 0 Å². The third-order valence-corrected chi connectivity index (χ3v) is 2.00. The molecule has 2 nitrogen and oxygen atoms in total. The maximum Gasteiger partial charge on any atom is 0.0698 e. The average Bonchev–Trinajstić information content (AvgIpc) is 2.43. The molecule has 0 rings (SSSR count). The predicted molar refractivity (Wildman–Crippen MR) is 85.1 cm³/mol. The van der Waals surface area contributed by atoms with Gasteiger partial charge in [0.05, 0.1) is 5.71 Å². The first-order valence-corrected chi connectivity index (χ1v) is 6.19. The average molecular weight is 246 g/mol. The molecule has 0 saturated heterocycles. The second-order valence-electron chi connectivity index (χ2n) is 3.08. The van der Waals surface area contributed by atoms with Crippen LogP contribution in [0.15, 0.2) is 66.4 Å². The topological polar surface area (TPSA) is 24.4 Å². The molecule has 18 heavy (non-hydrogen) atoms. The summed E-state index contributed by atoms with van der Waals surface area (Å²) in [6.07, 6.45) is 8.91. The van der Waals surface area contributed by atoms with Crippen LogP contribution in [0.25, 0.3) is 0 Å². The number of aliphatic imine (C=N–C) groups is 1. The zero-order valence-electron chi connectivity index (χ0n) is 12.2. The van der Waals surface area contributed by atoms with E-state index in [9.17, 15) is 0 Å². The first-order valence-electron chi connectivity index (χ1n) is 6.19. The summed E-state index contributed by atoms with van der Waals surface area (Å²) < 4.78 is 0. The molecule has 0 amide bonds. The van der Waals surface area contributed by atoms with Crippen LogP contribution in [0.5, 0.6) is 0 Å². The standard InChI is InChI=1S/C14H20N2.C2H6/c1-6-10-16-14(9-4)13(8-3)12(7-2)11-15-5;1-2/h6-10,15H,2-4,11H2,1,5H3;1-2H3/b10-6-,13-12-,16-14-;. The lowest BCUT2D eigenvalue weighted by molar-refractivity contribution is 0.893. The molecule has 0 saturated carbocycles. The predicted octanol–water partition coefficient (Wildman–Crippen LogP) is 4.06.